The van der Waals surface area contributed by atoms with Gasteiger partial charge in [-0.2, -0.15) is 4.98 Å². The molecule has 4 atom stereocenters. The van der Waals surface area contributed by atoms with Gasteiger partial charge < -0.3 is 37.4 Å². The number of fused-ring (bicyclic) bond motifs is 1. The van der Waals surface area contributed by atoms with E-state index in [1.165, 1.54) is 48.5 Å². The second-order valence-electron chi connectivity index (χ2n) is 11.4. The smallest absolute Gasteiger partial charge is 0.327 e. The normalized spacial score (nSPS) is 19.9. The third-order valence-corrected chi connectivity index (χ3v) is 9.48. The van der Waals surface area contributed by atoms with Crippen molar-refractivity contribution in [2.45, 2.75) is 42.1 Å². The number of aromatic hydroxyl groups is 2. The van der Waals surface area contributed by atoms with Crippen LogP contribution in [0.3, 0.4) is 0 Å². The molecule has 1 aromatic heterocycles. The van der Waals surface area contributed by atoms with Crippen LogP contribution in [0, 0.1) is 0 Å². The SMILES string of the molecule is CC1(C)S[C@@H]2[C@H](N(C(=O)c3cnc(-c4ccc(N(C(N)=O)C(=O)CN)cc4)nc3O)C(=O)C(N)c3ccc(O)cc3)C(=O)N2[C@H]1C(=O)O. The Balaban J connectivity index is 1.49. The number of hydrogen-bond acceptors (Lipinski definition) is 13. The first kappa shape index (κ1) is 33.8. The summed E-state index contributed by atoms with van der Waals surface area (Å²) in [7, 11) is 0. The fraction of sp³-hybridized carbons (Fsp3) is 0.267. The molecule has 250 valence electrons. The number of anilines is 1. The number of phenolic OH excluding ortho intramolecular Hbond substituents is 1. The third-order valence-electron chi connectivity index (χ3n) is 7.93. The Hall–Kier alpha value is -5.59. The lowest BCUT2D eigenvalue weighted by atomic mass is 9.94. The van der Waals surface area contributed by atoms with Gasteiger partial charge in [0.2, 0.25) is 11.8 Å². The van der Waals surface area contributed by atoms with Gasteiger partial charge in [-0.1, -0.05) is 12.1 Å². The molecule has 3 aromatic rings. The lowest BCUT2D eigenvalue weighted by Gasteiger charge is -2.47. The molecule has 9 N–H and O–H groups in total. The van der Waals surface area contributed by atoms with E-state index in [0.29, 0.717) is 9.80 Å². The summed E-state index contributed by atoms with van der Waals surface area (Å²) in [5.74, 6) is -6.06. The zero-order chi connectivity index (χ0) is 35.2. The molecule has 2 fully saturated rings. The van der Waals surface area contributed by atoms with Gasteiger partial charge in [-0.05, 0) is 55.8 Å². The maximum atomic E-state index is 14.0. The number of hydrogen-bond donors (Lipinski definition) is 6. The number of amides is 6. The summed E-state index contributed by atoms with van der Waals surface area (Å²) >= 11 is 1.10. The van der Waals surface area contributed by atoms with Gasteiger partial charge >= 0.3 is 12.0 Å². The zero-order valence-corrected chi connectivity index (χ0v) is 26.2. The van der Waals surface area contributed by atoms with Gasteiger partial charge in [0, 0.05) is 16.5 Å². The number of nitrogens with zero attached hydrogens (tertiary/aromatic N) is 5. The maximum Gasteiger partial charge on any atom is 0.327 e. The number of aliphatic carboxylic acids is 1. The lowest BCUT2D eigenvalue weighted by molar-refractivity contribution is -0.166. The molecule has 17 nitrogen and oxygen atoms in total. The minimum atomic E-state index is -1.50. The number of carbonyl (C=O) groups excluding carboxylic acids is 5. The number of β-lactam (4-membered cyclic amide) rings is 1. The van der Waals surface area contributed by atoms with E-state index in [4.69, 9.17) is 17.2 Å². The predicted molar refractivity (Wildman–Crippen MR) is 169 cm³/mol. The number of benzene rings is 2. The van der Waals surface area contributed by atoms with Gasteiger partial charge in [-0.25, -0.2) is 19.5 Å². The van der Waals surface area contributed by atoms with Crippen LogP contribution >= 0.6 is 11.8 Å². The van der Waals surface area contributed by atoms with E-state index in [9.17, 15) is 44.1 Å². The predicted octanol–water partition coefficient (Wildman–Crippen LogP) is 0.110. The molecule has 6 amide bonds. The molecule has 0 bridgehead atoms. The van der Waals surface area contributed by atoms with Crippen molar-refractivity contribution in [2.75, 3.05) is 11.4 Å². The van der Waals surface area contributed by atoms with Crippen LogP contribution in [0.15, 0.2) is 54.7 Å². The fourth-order valence-electron chi connectivity index (χ4n) is 5.61. The van der Waals surface area contributed by atoms with Crippen molar-refractivity contribution in [1.29, 1.82) is 0 Å². The highest BCUT2D eigenvalue weighted by atomic mass is 32.2. The molecule has 2 aromatic carbocycles. The molecule has 1 unspecified atom stereocenters. The number of nitrogens with two attached hydrogens (primary N) is 3. The van der Waals surface area contributed by atoms with Crippen LogP contribution in [-0.2, 0) is 19.2 Å². The highest BCUT2D eigenvalue weighted by Gasteiger charge is 2.67. The van der Waals surface area contributed by atoms with E-state index in [1.54, 1.807) is 13.8 Å². The number of rotatable bonds is 8. The highest BCUT2D eigenvalue weighted by molar-refractivity contribution is 8.01. The minimum absolute atomic E-state index is 0.0895. The van der Waals surface area contributed by atoms with Crippen LogP contribution in [-0.4, -0.2) is 99.5 Å². The minimum Gasteiger partial charge on any atom is -0.508 e. The number of imide groups is 2. The number of thioether (sulfide) groups is 1. The van der Waals surface area contributed by atoms with E-state index in [1.807, 2.05) is 0 Å². The topological polar surface area (TPSA) is 277 Å². The highest BCUT2D eigenvalue weighted by Crippen LogP contribution is 2.52. The Morgan fingerprint density at radius 3 is 2.21 bits per heavy atom. The van der Waals surface area contributed by atoms with Crippen molar-refractivity contribution in [2.24, 2.45) is 17.2 Å². The number of aromatic nitrogens is 2. The number of phenols is 1. The molecule has 48 heavy (non-hydrogen) atoms. The molecule has 2 saturated heterocycles. The van der Waals surface area contributed by atoms with Gasteiger partial charge in [0.1, 0.15) is 34.8 Å². The van der Waals surface area contributed by atoms with E-state index in [-0.39, 0.29) is 28.4 Å². The fourth-order valence-corrected chi connectivity index (χ4v) is 7.28. The number of carboxylic acid groups (broad SMARTS) is 1. The molecule has 0 radical (unpaired) electrons. The molecular weight excluding hydrogens is 648 g/mol. The summed E-state index contributed by atoms with van der Waals surface area (Å²) in [6, 6.07) is 5.57. The van der Waals surface area contributed by atoms with E-state index >= 15 is 0 Å². The monoisotopic (exact) mass is 678 g/mol. The van der Waals surface area contributed by atoms with E-state index in [0.717, 1.165) is 22.9 Å². The zero-order valence-electron chi connectivity index (χ0n) is 25.4. The Labute approximate surface area is 276 Å². The average molecular weight is 679 g/mol. The van der Waals surface area contributed by atoms with E-state index in [2.05, 4.69) is 9.97 Å². The number of carboxylic acids is 1. The number of urea groups is 1. The maximum absolute atomic E-state index is 14.0. The Kier molecular flexibility index (Phi) is 8.83. The molecule has 2 aliphatic rings. The second kappa shape index (κ2) is 12.5. The molecule has 0 saturated carbocycles. The number of primary amides is 1. The number of carbonyl (C=O) groups is 6. The second-order valence-corrected chi connectivity index (χ2v) is 13.1. The molecule has 0 aliphatic carbocycles. The van der Waals surface area contributed by atoms with Crippen LogP contribution in [0.25, 0.3) is 11.4 Å². The lowest BCUT2D eigenvalue weighted by Crippen LogP contribution is -2.72. The standard InChI is InChI=1S/C30H30N8O9S/c1-30(2)21(28(45)46)38-26(44)20(27(38)48-30)37(25(43)19(32)13-5-9-16(39)10-6-13)24(42)17-12-34-22(35-23(17)41)14-3-7-15(8-4-14)36(29(33)47)18(40)11-31/h3-10,12,19-21,27,39H,11,31-32H2,1-2H3,(H2,33,47)(H,45,46)(H,34,35,41)/t19?,20-,21+,27-/m1/s1. The molecule has 5 rings (SSSR count). The van der Waals surface area contributed by atoms with Crippen LogP contribution < -0.4 is 22.1 Å². The van der Waals surface area contributed by atoms with E-state index < -0.39 is 81.9 Å². The summed E-state index contributed by atoms with van der Waals surface area (Å²) in [6.45, 7) is 2.78. The van der Waals surface area contributed by atoms with Crippen LogP contribution in [0.4, 0.5) is 10.5 Å². The molecule has 3 heterocycles. The summed E-state index contributed by atoms with van der Waals surface area (Å²) < 4.78 is -0.980. The Morgan fingerprint density at radius 2 is 1.67 bits per heavy atom. The Morgan fingerprint density at radius 1 is 1.04 bits per heavy atom. The van der Waals surface area contributed by atoms with Crippen molar-refractivity contribution in [3.63, 3.8) is 0 Å². The molecule has 0 spiro atoms. The van der Waals surface area contributed by atoms with Crippen molar-refractivity contribution in [3.05, 3.63) is 65.9 Å². The molecule has 18 heteroatoms. The largest absolute Gasteiger partial charge is 0.508 e. The Bertz CT molecular complexity index is 1840. The summed E-state index contributed by atoms with van der Waals surface area (Å²) in [5, 5.41) is 29.5. The van der Waals surface area contributed by atoms with Crippen LogP contribution in [0.5, 0.6) is 11.6 Å². The van der Waals surface area contributed by atoms with Crippen molar-refractivity contribution in [3.8, 4) is 23.0 Å². The molecular formula is C30H30N8O9S. The van der Waals surface area contributed by atoms with Crippen molar-refractivity contribution in [1.82, 2.24) is 19.8 Å². The first-order valence-electron chi connectivity index (χ1n) is 14.2. The van der Waals surface area contributed by atoms with Gasteiger partial charge in [-0.15, -0.1) is 11.8 Å². The quantitative estimate of drug-likeness (QED) is 0.173. The van der Waals surface area contributed by atoms with Crippen molar-refractivity contribution < 1.29 is 44.1 Å². The first-order valence-corrected chi connectivity index (χ1v) is 15.1. The summed E-state index contributed by atoms with van der Waals surface area (Å²) in [6.07, 6.45) is 0.945. The van der Waals surface area contributed by atoms with Gasteiger partial charge in [0.05, 0.1) is 12.2 Å². The first-order chi connectivity index (χ1) is 22.6. The summed E-state index contributed by atoms with van der Waals surface area (Å²) in [5.41, 5.74) is 16.9. The van der Waals surface area contributed by atoms with Gasteiger partial charge in [0.15, 0.2) is 5.82 Å². The van der Waals surface area contributed by atoms with Gasteiger partial charge in [0.25, 0.3) is 17.7 Å². The van der Waals surface area contributed by atoms with Crippen molar-refractivity contribution >= 4 is 53.1 Å². The summed E-state index contributed by atoms with van der Waals surface area (Å²) in [4.78, 5) is 87.8. The average Bonchev–Trinajstić information content (AvgIpc) is 3.30. The van der Waals surface area contributed by atoms with Crippen LogP contribution in [0.2, 0.25) is 0 Å². The molecule has 2 aliphatic heterocycles. The third kappa shape index (κ3) is 5.76. The van der Waals surface area contributed by atoms with Gasteiger partial charge in [-0.3, -0.25) is 24.1 Å². The van der Waals surface area contributed by atoms with Crippen LogP contribution in [0.1, 0.15) is 35.8 Å².